The minimum absolute atomic E-state index is 0.0424. The fourth-order valence-electron chi connectivity index (χ4n) is 3.77. The van der Waals surface area contributed by atoms with Crippen LogP contribution in [-0.4, -0.2) is 20.9 Å². The summed E-state index contributed by atoms with van der Waals surface area (Å²) >= 11 is 0. The van der Waals surface area contributed by atoms with Gasteiger partial charge in [0.1, 0.15) is 0 Å². The molecule has 2 aromatic rings. The smallest absolute Gasteiger partial charge is 0.261 e. The predicted molar refractivity (Wildman–Crippen MR) is 101 cm³/mol. The van der Waals surface area contributed by atoms with Gasteiger partial charge >= 0.3 is 0 Å². The van der Waals surface area contributed by atoms with Gasteiger partial charge in [0.2, 0.25) is 5.91 Å². The second kappa shape index (κ2) is 6.76. The van der Waals surface area contributed by atoms with Crippen molar-refractivity contribution in [2.75, 3.05) is 11.3 Å². The summed E-state index contributed by atoms with van der Waals surface area (Å²) in [5, 5.41) is 2.80. The van der Waals surface area contributed by atoms with Gasteiger partial charge in [-0.25, -0.2) is 8.42 Å². The van der Waals surface area contributed by atoms with Crippen LogP contribution in [-0.2, 0) is 27.7 Å². The minimum Gasteiger partial charge on any atom is -0.355 e. The molecule has 1 unspecified atom stereocenters. The zero-order valence-electron chi connectivity index (χ0n) is 14.5. The van der Waals surface area contributed by atoms with Crippen LogP contribution in [0.5, 0.6) is 0 Å². The highest BCUT2D eigenvalue weighted by Crippen LogP contribution is 2.27. The number of carbonyl (C=O) groups is 1. The molecule has 1 aliphatic carbocycles. The molecule has 0 spiro atoms. The molecule has 2 N–H and O–H groups in total. The summed E-state index contributed by atoms with van der Waals surface area (Å²) in [6, 6.07) is 12.6. The molecular weight excluding hydrogens is 348 g/mol. The number of sulfonamides is 1. The Morgan fingerprint density at radius 2 is 1.69 bits per heavy atom. The van der Waals surface area contributed by atoms with Crippen molar-refractivity contribution in [3.05, 3.63) is 59.2 Å². The Kier molecular flexibility index (Phi) is 4.44. The van der Waals surface area contributed by atoms with E-state index < -0.39 is 10.0 Å². The van der Waals surface area contributed by atoms with Crippen LogP contribution in [0.1, 0.15) is 41.9 Å². The van der Waals surface area contributed by atoms with Crippen molar-refractivity contribution < 1.29 is 13.2 Å². The predicted octanol–water partition coefficient (Wildman–Crippen LogP) is 2.97. The van der Waals surface area contributed by atoms with E-state index >= 15 is 0 Å². The summed E-state index contributed by atoms with van der Waals surface area (Å²) in [5.41, 5.74) is 4.16. The molecule has 1 fully saturated rings. The maximum Gasteiger partial charge on any atom is 0.261 e. The molecule has 0 radical (unpaired) electrons. The van der Waals surface area contributed by atoms with Gasteiger partial charge < -0.3 is 5.32 Å². The lowest BCUT2D eigenvalue weighted by atomic mass is 9.91. The van der Waals surface area contributed by atoms with E-state index in [0.29, 0.717) is 18.7 Å². The monoisotopic (exact) mass is 370 g/mol. The van der Waals surface area contributed by atoms with E-state index in [1.807, 2.05) is 18.2 Å². The van der Waals surface area contributed by atoms with Crippen molar-refractivity contribution in [3.63, 3.8) is 0 Å². The Bertz CT molecular complexity index is 936. The highest BCUT2D eigenvalue weighted by Gasteiger charge is 2.23. The average molecular weight is 370 g/mol. The van der Waals surface area contributed by atoms with Gasteiger partial charge in [-0.05, 0) is 66.6 Å². The first kappa shape index (κ1) is 17.1. The van der Waals surface area contributed by atoms with Crippen LogP contribution in [0.2, 0.25) is 0 Å². The number of anilines is 1. The molecule has 26 heavy (non-hydrogen) atoms. The number of rotatable bonds is 4. The lowest BCUT2D eigenvalue weighted by Crippen LogP contribution is -2.14. The van der Waals surface area contributed by atoms with Crippen LogP contribution in [0.15, 0.2) is 47.4 Å². The van der Waals surface area contributed by atoms with Crippen LogP contribution in [0.25, 0.3) is 0 Å². The average Bonchev–Trinajstić information content (AvgIpc) is 3.08. The van der Waals surface area contributed by atoms with Gasteiger partial charge in [-0.3, -0.25) is 9.52 Å². The normalized spacial score (nSPS) is 19.7. The fraction of sp³-hybridized carbons (Fsp3) is 0.350. The Balaban J connectivity index is 1.52. The molecule has 1 aliphatic heterocycles. The number of aryl methyl sites for hydroxylation is 2. The van der Waals surface area contributed by atoms with Gasteiger partial charge in [0.15, 0.2) is 0 Å². The Hall–Kier alpha value is -2.34. The highest BCUT2D eigenvalue weighted by molar-refractivity contribution is 7.92. The van der Waals surface area contributed by atoms with Crippen LogP contribution in [0, 0.1) is 0 Å². The van der Waals surface area contributed by atoms with Crippen molar-refractivity contribution in [2.24, 2.45) is 0 Å². The number of nitrogens with one attached hydrogen (secondary N) is 2. The number of fused-ring (bicyclic) bond motifs is 1. The molecule has 0 aromatic heterocycles. The van der Waals surface area contributed by atoms with Gasteiger partial charge in [-0.2, -0.15) is 0 Å². The van der Waals surface area contributed by atoms with Crippen molar-refractivity contribution in [1.82, 2.24) is 5.32 Å². The topological polar surface area (TPSA) is 75.3 Å². The quantitative estimate of drug-likeness (QED) is 0.869. The molecule has 0 bridgehead atoms. The van der Waals surface area contributed by atoms with Crippen LogP contribution < -0.4 is 10.0 Å². The Morgan fingerprint density at radius 1 is 0.962 bits per heavy atom. The third-order valence-corrected chi connectivity index (χ3v) is 6.64. The lowest BCUT2D eigenvalue weighted by molar-refractivity contribution is -0.119. The maximum atomic E-state index is 12.7. The molecule has 6 heteroatoms. The van der Waals surface area contributed by atoms with Gasteiger partial charge in [0.05, 0.1) is 4.90 Å². The maximum absolute atomic E-state index is 12.7. The highest BCUT2D eigenvalue weighted by atomic mass is 32.2. The molecule has 1 saturated heterocycles. The largest absolute Gasteiger partial charge is 0.355 e. The summed E-state index contributed by atoms with van der Waals surface area (Å²) in [4.78, 5) is 11.6. The number of amides is 1. The molecule has 0 saturated carbocycles. The first-order valence-corrected chi connectivity index (χ1v) is 10.5. The summed E-state index contributed by atoms with van der Waals surface area (Å²) in [5.74, 6) is 0.161. The fourth-order valence-corrected chi connectivity index (χ4v) is 4.82. The summed E-state index contributed by atoms with van der Waals surface area (Å²) in [7, 11) is -3.62. The second-order valence-electron chi connectivity index (χ2n) is 7.07. The number of benzene rings is 2. The number of hydrogen-bond donors (Lipinski definition) is 2. The SMILES string of the molecule is O=C1CC(c2ccc(S(=O)(=O)Nc3ccc4c(c3)CCCC4)cc2)CN1. The second-order valence-corrected chi connectivity index (χ2v) is 8.75. The molecule has 2 aromatic carbocycles. The van der Waals surface area contributed by atoms with E-state index in [9.17, 15) is 13.2 Å². The van der Waals surface area contributed by atoms with Gasteiger partial charge in [-0.1, -0.05) is 18.2 Å². The number of carbonyl (C=O) groups excluding carboxylic acids is 1. The van der Waals surface area contributed by atoms with E-state index in [-0.39, 0.29) is 16.7 Å². The van der Waals surface area contributed by atoms with E-state index in [0.717, 1.165) is 24.8 Å². The van der Waals surface area contributed by atoms with Gasteiger partial charge in [0, 0.05) is 24.6 Å². The van der Waals surface area contributed by atoms with Crippen molar-refractivity contribution in [2.45, 2.75) is 42.9 Å². The van der Waals surface area contributed by atoms with E-state index in [1.54, 1.807) is 24.3 Å². The summed E-state index contributed by atoms with van der Waals surface area (Å²) in [6.45, 7) is 0.609. The first-order chi connectivity index (χ1) is 12.5. The van der Waals surface area contributed by atoms with Crippen LogP contribution in [0.3, 0.4) is 0 Å². The van der Waals surface area contributed by atoms with Crippen molar-refractivity contribution in [1.29, 1.82) is 0 Å². The molecule has 4 rings (SSSR count). The van der Waals surface area contributed by atoms with Gasteiger partial charge in [0.25, 0.3) is 10.0 Å². The molecule has 136 valence electrons. The Morgan fingerprint density at radius 3 is 2.38 bits per heavy atom. The zero-order valence-corrected chi connectivity index (χ0v) is 15.3. The lowest BCUT2D eigenvalue weighted by Gasteiger charge is -2.17. The molecule has 5 nitrogen and oxygen atoms in total. The molecule has 1 atom stereocenters. The van der Waals surface area contributed by atoms with E-state index in [2.05, 4.69) is 10.0 Å². The minimum atomic E-state index is -3.62. The summed E-state index contributed by atoms with van der Waals surface area (Å²) in [6.07, 6.45) is 4.89. The third kappa shape index (κ3) is 3.46. The van der Waals surface area contributed by atoms with Crippen LogP contribution in [0.4, 0.5) is 5.69 Å². The van der Waals surface area contributed by atoms with E-state index in [4.69, 9.17) is 0 Å². The van der Waals surface area contributed by atoms with Gasteiger partial charge in [-0.15, -0.1) is 0 Å². The molecule has 1 amide bonds. The van der Waals surface area contributed by atoms with E-state index in [1.165, 1.54) is 17.5 Å². The zero-order chi connectivity index (χ0) is 18.1. The first-order valence-electron chi connectivity index (χ1n) is 9.02. The molecule has 2 aliphatic rings. The standard InChI is InChI=1S/C20H22N2O3S/c23-20-12-17(13-21-20)15-6-9-19(10-7-15)26(24,25)22-18-8-5-14-3-1-2-4-16(14)11-18/h5-11,17,22H,1-4,12-13H2,(H,21,23). The molecular formula is C20H22N2O3S. The number of hydrogen-bond acceptors (Lipinski definition) is 3. The van der Waals surface area contributed by atoms with Crippen molar-refractivity contribution in [3.8, 4) is 0 Å². The third-order valence-electron chi connectivity index (χ3n) is 5.24. The van der Waals surface area contributed by atoms with Crippen molar-refractivity contribution >= 4 is 21.6 Å². The van der Waals surface area contributed by atoms with Crippen LogP contribution >= 0.6 is 0 Å². The Labute approximate surface area is 153 Å². The molecule has 1 heterocycles. The summed E-state index contributed by atoms with van der Waals surface area (Å²) < 4.78 is 28.0.